The summed E-state index contributed by atoms with van der Waals surface area (Å²) in [6.07, 6.45) is -0.404. The molecule has 100 valence electrons. The summed E-state index contributed by atoms with van der Waals surface area (Å²) < 4.78 is 5.49. The molecule has 1 aromatic rings. The summed E-state index contributed by atoms with van der Waals surface area (Å²) in [6, 6.07) is 9.92. The summed E-state index contributed by atoms with van der Waals surface area (Å²) in [4.78, 5) is 11.9. The van der Waals surface area contributed by atoms with Gasteiger partial charge in [0.05, 0.1) is 6.04 Å². The standard InChI is InChI=1S/C15H23NO2/c1-11(2)10-18-13(4)15(17)16-12(3)14-8-6-5-7-9-14/h5-9,11-13H,10H2,1-4H3,(H,16,17). The van der Waals surface area contributed by atoms with Crippen LogP contribution in [0.15, 0.2) is 30.3 Å². The maximum atomic E-state index is 11.9. The highest BCUT2D eigenvalue weighted by atomic mass is 16.5. The number of ether oxygens (including phenoxy) is 1. The molecule has 0 spiro atoms. The van der Waals surface area contributed by atoms with E-state index in [1.807, 2.05) is 37.3 Å². The van der Waals surface area contributed by atoms with Crippen LogP contribution in [0.4, 0.5) is 0 Å². The number of nitrogens with one attached hydrogen (secondary N) is 1. The lowest BCUT2D eigenvalue weighted by Crippen LogP contribution is -2.36. The molecule has 1 rings (SSSR count). The van der Waals surface area contributed by atoms with Gasteiger partial charge in [0, 0.05) is 6.61 Å². The third kappa shape index (κ3) is 4.88. The number of benzene rings is 1. The van der Waals surface area contributed by atoms with Gasteiger partial charge >= 0.3 is 0 Å². The van der Waals surface area contributed by atoms with Crippen molar-refractivity contribution in [3.63, 3.8) is 0 Å². The van der Waals surface area contributed by atoms with Crippen LogP contribution in [-0.2, 0) is 9.53 Å². The van der Waals surface area contributed by atoms with Gasteiger partial charge in [-0.3, -0.25) is 4.79 Å². The summed E-state index contributed by atoms with van der Waals surface area (Å²) >= 11 is 0. The van der Waals surface area contributed by atoms with Crippen LogP contribution in [0, 0.1) is 5.92 Å². The van der Waals surface area contributed by atoms with E-state index >= 15 is 0 Å². The summed E-state index contributed by atoms with van der Waals surface area (Å²) in [5.41, 5.74) is 1.10. The zero-order chi connectivity index (χ0) is 13.5. The largest absolute Gasteiger partial charge is 0.368 e. The minimum atomic E-state index is -0.404. The van der Waals surface area contributed by atoms with Gasteiger partial charge in [0.2, 0.25) is 5.91 Å². The first-order valence-corrected chi connectivity index (χ1v) is 6.47. The number of hydrogen-bond acceptors (Lipinski definition) is 2. The molecule has 1 amide bonds. The molecule has 0 bridgehead atoms. The fourth-order valence-corrected chi connectivity index (χ4v) is 1.57. The van der Waals surface area contributed by atoms with Crippen molar-refractivity contribution in [1.82, 2.24) is 5.32 Å². The van der Waals surface area contributed by atoms with Gasteiger partial charge in [0.25, 0.3) is 0 Å². The number of rotatable bonds is 6. The topological polar surface area (TPSA) is 38.3 Å². The van der Waals surface area contributed by atoms with Gasteiger partial charge in [-0.15, -0.1) is 0 Å². The maximum absolute atomic E-state index is 11.9. The third-order valence-electron chi connectivity index (χ3n) is 2.71. The van der Waals surface area contributed by atoms with Crippen LogP contribution in [0.5, 0.6) is 0 Å². The fraction of sp³-hybridized carbons (Fsp3) is 0.533. The molecule has 0 saturated carbocycles. The first-order chi connectivity index (χ1) is 8.50. The molecule has 0 fully saturated rings. The quantitative estimate of drug-likeness (QED) is 0.841. The van der Waals surface area contributed by atoms with E-state index in [1.165, 1.54) is 0 Å². The number of amides is 1. The summed E-state index contributed by atoms with van der Waals surface area (Å²) in [5, 5.41) is 2.96. The van der Waals surface area contributed by atoms with Crippen molar-refractivity contribution in [3.8, 4) is 0 Å². The van der Waals surface area contributed by atoms with Crippen molar-refractivity contribution in [1.29, 1.82) is 0 Å². The lowest BCUT2D eigenvalue weighted by atomic mass is 10.1. The van der Waals surface area contributed by atoms with Crippen LogP contribution in [0.3, 0.4) is 0 Å². The Bertz CT molecular complexity index is 362. The zero-order valence-corrected chi connectivity index (χ0v) is 11.6. The highest BCUT2D eigenvalue weighted by molar-refractivity contribution is 5.80. The molecule has 0 radical (unpaired) electrons. The molecular weight excluding hydrogens is 226 g/mol. The predicted octanol–water partition coefficient (Wildman–Crippen LogP) is 2.92. The van der Waals surface area contributed by atoms with Crippen LogP contribution < -0.4 is 5.32 Å². The van der Waals surface area contributed by atoms with Gasteiger partial charge in [-0.2, -0.15) is 0 Å². The molecule has 1 N–H and O–H groups in total. The fourth-order valence-electron chi connectivity index (χ4n) is 1.57. The summed E-state index contributed by atoms with van der Waals surface area (Å²) in [6.45, 7) is 8.50. The lowest BCUT2D eigenvalue weighted by Gasteiger charge is -2.19. The second-order valence-corrected chi connectivity index (χ2v) is 5.01. The molecule has 1 aromatic carbocycles. The van der Waals surface area contributed by atoms with Gasteiger partial charge in [0.1, 0.15) is 6.10 Å². The minimum absolute atomic E-state index is 0.00352. The van der Waals surface area contributed by atoms with Crippen LogP contribution in [0.2, 0.25) is 0 Å². The van der Waals surface area contributed by atoms with E-state index in [0.29, 0.717) is 12.5 Å². The van der Waals surface area contributed by atoms with Crippen LogP contribution >= 0.6 is 0 Å². The Kier molecular flexibility index (Phi) is 5.86. The molecule has 0 aliphatic rings. The van der Waals surface area contributed by atoms with E-state index in [9.17, 15) is 4.79 Å². The van der Waals surface area contributed by atoms with Crippen molar-refractivity contribution in [2.45, 2.75) is 39.8 Å². The van der Waals surface area contributed by atoms with E-state index in [2.05, 4.69) is 19.2 Å². The average Bonchev–Trinajstić information content (AvgIpc) is 2.36. The highest BCUT2D eigenvalue weighted by Gasteiger charge is 2.16. The zero-order valence-electron chi connectivity index (χ0n) is 11.6. The van der Waals surface area contributed by atoms with Gasteiger partial charge in [-0.1, -0.05) is 44.2 Å². The third-order valence-corrected chi connectivity index (χ3v) is 2.71. The molecule has 0 saturated heterocycles. The van der Waals surface area contributed by atoms with Crippen molar-refractivity contribution < 1.29 is 9.53 Å². The Labute approximate surface area is 110 Å². The first-order valence-electron chi connectivity index (χ1n) is 6.47. The molecule has 2 atom stereocenters. The van der Waals surface area contributed by atoms with Crippen LogP contribution in [0.1, 0.15) is 39.3 Å². The molecule has 2 unspecified atom stereocenters. The molecule has 0 aromatic heterocycles. The maximum Gasteiger partial charge on any atom is 0.249 e. The predicted molar refractivity (Wildman–Crippen MR) is 73.3 cm³/mol. The lowest BCUT2D eigenvalue weighted by molar-refractivity contribution is -0.133. The van der Waals surface area contributed by atoms with Crippen LogP contribution in [0.25, 0.3) is 0 Å². The van der Waals surface area contributed by atoms with Crippen molar-refractivity contribution >= 4 is 5.91 Å². The molecular formula is C15H23NO2. The Morgan fingerprint density at radius 1 is 1.17 bits per heavy atom. The molecule has 18 heavy (non-hydrogen) atoms. The Morgan fingerprint density at radius 2 is 1.78 bits per heavy atom. The van der Waals surface area contributed by atoms with Crippen LogP contribution in [-0.4, -0.2) is 18.6 Å². The van der Waals surface area contributed by atoms with Gasteiger partial charge < -0.3 is 10.1 Å². The van der Waals surface area contributed by atoms with Gasteiger partial charge in [-0.25, -0.2) is 0 Å². The Morgan fingerprint density at radius 3 is 2.33 bits per heavy atom. The molecule has 0 aliphatic heterocycles. The Hall–Kier alpha value is -1.35. The number of hydrogen-bond donors (Lipinski definition) is 1. The van der Waals surface area contributed by atoms with Gasteiger partial charge in [-0.05, 0) is 25.3 Å². The van der Waals surface area contributed by atoms with E-state index in [1.54, 1.807) is 6.92 Å². The van der Waals surface area contributed by atoms with E-state index < -0.39 is 6.10 Å². The van der Waals surface area contributed by atoms with Crippen molar-refractivity contribution in [2.75, 3.05) is 6.61 Å². The highest BCUT2D eigenvalue weighted by Crippen LogP contribution is 2.11. The van der Waals surface area contributed by atoms with Gasteiger partial charge in [0.15, 0.2) is 0 Å². The van der Waals surface area contributed by atoms with E-state index in [-0.39, 0.29) is 11.9 Å². The smallest absolute Gasteiger partial charge is 0.249 e. The van der Waals surface area contributed by atoms with Crippen molar-refractivity contribution in [2.24, 2.45) is 5.92 Å². The molecule has 3 nitrogen and oxygen atoms in total. The van der Waals surface area contributed by atoms with E-state index in [4.69, 9.17) is 4.74 Å². The second kappa shape index (κ2) is 7.17. The monoisotopic (exact) mass is 249 g/mol. The number of carbonyl (C=O) groups excluding carboxylic acids is 1. The summed E-state index contributed by atoms with van der Waals surface area (Å²) in [5.74, 6) is 0.374. The molecule has 0 aliphatic carbocycles. The number of carbonyl (C=O) groups is 1. The Balaban J connectivity index is 2.44. The molecule has 0 heterocycles. The molecule has 3 heteroatoms. The first kappa shape index (κ1) is 14.7. The normalized spacial score (nSPS) is 14.3. The second-order valence-electron chi connectivity index (χ2n) is 5.01. The van der Waals surface area contributed by atoms with Crippen molar-refractivity contribution in [3.05, 3.63) is 35.9 Å². The minimum Gasteiger partial charge on any atom is -0.368 e. The van der Waals surface area contributed by atoms with E-state index in [0.717, 1.165) is 5.56 Å². The SMILES string of the molecule is CC(C)COC(C)C(=O)NC(C)c1ccccc1. The average molecular weight is 249 g/mol. The summed E-state index contributed by atoms with van der Waals surface area (Å²) in [7, 11) is 0.